The van der Waals surface area contributed by atoms with E-state index in [9.17, 15) is 18.0 Å². The lowest BCUT2D eigenvalue weighted by Crippen LogP contribution is -2.46. The summed E-state index contributed by atoms with van der Waals surface area (Å²) >= 11 is 0. The highest BCUT2D eigenvalue weighted by Gasteiger charge is 2.43. The third kappa shape index (κ3) is 4.65. The number of esters is 1. The zero-order chi connectivity index (χ0) is 14.7. The van der Waals surface area contributed by atoms with E-state index in [1.54, 1.807) is 11.8 Å². The fourth-order valence-corrected chi connectivity index (χ4v) is 2.31. The molecule has 19 heavy (non-hydrogen) atoms. The Bertz CT molecular complexity index is 319. The Kier molecular flexibility index (Phi) is 5.20. The summed E-state index contributed by atoms with van der Waals surface area (Å²) in [6, 6.07) is 0. The second-order valence-corrected chi connectivity index (χ2v) is 5.34. The lowest BCUT2D eigenvalue weighted by Gasteiger charge is -2.23. The first kappa shape index (κ1) is 16.2. The number of carbonyl (C=O) groups is 1. The lowest BCUT2D eigenvalue weighted by atomic mass is 9.97. The van der Waals surface area contributed by atoms with Gasteiger partial charge in [-0.2, -0.15) is 13.2 Å². The Morgan fingerprint density at radius 2 is 2.11 bits per heavy atom. The van der Waals surface area contributed by atoms with Crippen LogP contribution in [0.2, 0.25) is 0 Å². The van der Waals surface area contributed by atoms with Crippen molar-refractivity contribution >= 4 is 5.97 Å². The van der Waals surface area contributed by atoms with E-state index in [1.807, 2.05) is 0 Å². The van der Waals surface area contributed by atoms with E-state index in [-0.39, 0.29) is 13.0 Å². The van der Waals surface area contributed by atoms with Crippen molar-refractivity contribution in [2.24, 2.45) is 11.7 Å². The van der Waals surface area contributed by atoms with Crippen LogP contribution in [0.25, 0.3) is 0 Å². The maximum Gasteiger partial charge on any atom is 0.393 e. The molecular weight excluding hydrogens is 261 g/mol. The van der Waals surface area contributed by atoms with Gasteiger partial charge in [-0.3, -0.25) is 4.79 Å². The molecule has 0 amide bonds. The first-order chi connectivity index (χ1) is 8.66. The van der Waals surface area contributed by atoms with Crippen LogP contribution in [-0.4, -0.2) is 49.3 Å². The van der Waals surface area contributed by atoms with Gasteiger partial charge in [0, 0.05) is 6.54 Å². The van der Waals surface area contributed by atoms with Crippen LogP contribution in [0.1, 0.15) is 26.2 Å². The number of alkyl halides is 3. The smallest absolute Gasteiger partial charge is 0.393 e. The average molecular weight is 282 g/mol. The van der Waals surface area contributed by atoms with Gasteiger partial charge in [0.15, 0.2) is 0 Å². The Hall–Kier alpha value is -0.820. The molecular formula is C12H21F3N2O2. The van der Waals surface area contributed by atoms with Crippen LogP contribution in [0.15, 0.2) is 0 Å². The monoisotopic (exact) mass is 282 g/mol. The molecule has 2 atom stereocenters. The standard InChI is InChI=1S/C12H21F3N2O2/c1-11(16,10(18)19-2)5-3-6-17-7-4-9(8-17)12(13,14)15/h9H,3-8,16H2,1-2H3. The first-order valence-electron chi connectivity index (χ1n) is 6.33. The van der Waals surface area contributed by atoms with Gasteiger partial charge in [-0.25, -0.2) is 0 Å². The number of carbonyl (C=O) groups excluding carboxylic acids is 1. The molecule has 7 heteroatoms. The molecule has 0 bridgehead atoms. The molecule has 1 rings (SSSR count). The Morgan fingerprint density at radius 3 is 2.58 bits per heavy atom. The summed E-state index contributed by atoms with van der Waals surface area (Å²) in [5, 5.41) is 0. The lowest BCUT2D eigenvalue weighted by molar-refractivity contribution is -0.170. The molecule has 1 aliphatic heterocycles. The molecule has 0 spiro atoms. The quantitative estimate of drug-likeness (QED) is 0.777. The molecule has 1 fully saturated rings. The molecule has 1 saturated heterocycles. The van der Waals surface area contributed by atoms with Crippen LogP contribution in [0.3, 0.4) is 0 Å². The second-order valence-electron chi connectivity index (χ2n) is 5.34. The van der Waals surface area contributed by atoms with Crippen molar-refractivity contribution in [1.82, 2.24) is 4.90 Å². The van der Waals surface area contributed by atoms with E-state index in [0.29, 0.717) is 25.9 Å². The van der Waals surface area contributed by atoms with Crippen LogP contribution in [-0.2, 0) is 9.53 Å². The maximum atomic E-state index is 12.5. The Labute approximate surface area is 111 Å². The summed E-state index contributed by atoms with van der Waals surface area (Å²) in [6.45, 7) is 2.59. The fraction of sp³-hybridized carbons (Fsp3) is 0.917. The molecule has 1 heterocycles. The number of nitrogens with two attached hydrogens (primary N) is 1. The molecule has 1 aliphatic rings. The van der Waals surface area contributed by atoms with E-state index in [0.717, 1.165) is 0 Å². The summed E-state index contributed by atoms with van der Waals surface area (Å²) in [6.07, 6.45) is -2.98. The van der Waals surface area contributed by atoms with Gasteiger partial charge in [-0.05, 0) is 39.3 Å². The van der Waals surface area contributed by atoms with Crippen LogP contribution < -0.4 is 5.73 Å². The highest BCUT2D eigenvalue weighted by Crippen LogP contribution is 2.33. The number of ether oxygens (including phenoxy) is 1. The van der Waals surface area contributed by atoms with Gasteiger partial charge in [-0.1, -0.05) is 0 Å². The van der Waals surface area contributed by atoms with Crippen molar-refractivity contribution in [1.29, 1.82) is 0 Å². The van der Waals surface area contributed by atoms with Crippen LogP contribution >= 0.6 is 0 Å². The van der Waals surface area contributed by atoms with Crippen molar-refractivity contribution in [2.75, 3.05) is 26.7 Å². The van der Waals surface area contributed by atoms with Crippen molar-refractivity contribution in [3.8, 4) is 0 Å². The molecule has 0 saturated carbocycles. The maximum absolute atomic E-state index is 12.5. The molecule has 0 aromatic carbocycles. The molecule has 0 aromatic rings. The normalized spacial score (nSPS) is 24.2. The van der Waals surface area contributed by atoms with Crippen molar-refractivity contribution in [2.45, 2.75) is 37.9 Å². The van der Waals surface area contributed by atoms with E-state index >= 15 is 0 Å². The largest absolute Gasteiger partial charge is 0.468 e. The minimum Gasteiger partial charge on any atom is -0.468 e. The molecule has 0 radical (unpaired) electrons. The van der Waals surface area contributed by atoms with Gasteiger partial charge in [0.05, 0.1) is 13.0 Å². The van der Waals surface area contributed by atoms with Gasteiger partial charge in [-0.15, -0.1) is 0 Å². The zero-order valence-corrected chi connectivity index (χ0v) is 11.3. The number of methoxy groups -OCH3 is 1. The fourth-order valence-electron chi connectivity index (χ4n) is 2.31. The molecule has 4 nitrogen and oxygen atoms in total. The van der Waals surface area contributed by atoms with Crippen LogP contribution in [0.5, 0.6) is 0 Å². The van der Waals surface area contributed by atoms with Crippen molar-refractivity contribution in [3.63, 3.8) is 0 Å². The zero-order valence-electron chi connectivity index (χ0n) is 11.3. The van der Waals surface area contributed by atoms with Crippen LogP contribution in [0, 0.1) is 5.92 Å². The third-order valence-corrected chi connectivity index (χ3v) is 3.56. The van der Waals surface area contributed by atoms with Crippen LogP contribution in [0.4, 0.5) is 13.2 Å². The van der Waals surface area contributed by atoms with Gasteiger partial charge in [0.2, 0.25) is 0 Å². The molecule has 112 valence electrons. The SMILES string of the molecule is COC(=O)C(C)(N)CCCN1CCC(C(F)(F)F)C1. The van der Waals surface area contributed by atoms with E-state index in [4.69, 9.17) is 5.73 Å². The number of nitrogens with zero attached hydrogens (tertiary/aromatic N) is 1. The predicted molar refractivity (Wildman–Crippen MR) is 64.4 cm³/mol. The summed E-state index contributed by atoms with van der Waals surface area (Å²) in [4.78, 5) is 13.1. The number of hydrogen-bond acceptors (Lipinski definition) is 4. The molecule has 0 aromatic heterocycles. The van der Waals surface area contributed by atoms with Gasteiger partial charge < -0.3 is 15.4 Å². The number of likely N-dealkylation sites (tertiary alicyclic amines) is 1. The van der Waals surface area contributed by atoms with Crippen molar-refractivity contribution in [3.05, 3.63) is 0 Å². The summed E-state index contributed by atoms with van der Waals surface area (Å²) in [5.74, 6) is -1.72. The van der Waals surface area contributed by atoms with Gasteiger partial charge in [0.25, 0.3) is 0 Å². The highest BCUT2D eigenvalue weighted by molar-refractivity contribution is 5.79. The summed E-state index contributed by atoms with van der Waals surface area (Å²) in [5.41, 5.74) is 4.71. The number of rotatable bonds is 5. The second kappa shape index (κ2) is 6.09. The minimum atomic E-state index is -4.11. The number of halogens is 3. The molecule has 0 aliphatic carbocycles. The minimum absolute atomic E-state index is 0.0447. The molecule has 2 N–H and O–H groups in total. The third-order valence-electron chi connectivity index (χ3n) is 3.56. The van der Waals surface area contributed by atoms with E-state index < -0.39 is 23.6 Å². The van der Waals surface area contributed by atoms with Gasteiger partial charge in [0.1, 0.15) is 5.54 Å². The summed E-state index contributed by atoms with van der Waals surface area (Å²) < 4.78 is 42.0. The number of hydrogen-bond donors (Lipinski definition) is 1. The molecule has 2 unspecified atom stereocenters. The average Bonchev–Trinajstić information content (AvgIpc) is 2.76. The predicted octanol–water partition coefficient (Wildman–Crippen LogP) is 1.54. The first-order valence-corrected chi connectivity index (χ1v) is 6.33. The van der Waals surface area contributed by atoms with E-state index in [1.165, 1.54) is 7.11 Å². The highest BCUT2D eigenvalue weighted by atomic mass is 19.4. The Balaban J connectivity index is 2.30. The topological polar surface area (TPSA) is 55.6 Å². The summed E-state index contributed by atoms with van der Waals surface area (Å²) in [7, 11) is 1.27. The Morgan fingerprint density at radius 1 is 1.47 bits per heavy atom. The van der Waals surface area contributed by atoms with Gasteiger partial charge >= 0.3 is 12.1 Å². The van der Waals surface area contributed by atoms with Crippen molar-refractivity contribution < 1.29 is 22.7 Å². The van der Waals surface area contributed by atoms with E-state index in [2.05, 4.69) is 4.74 Å².